The Kier molecular flexibility index (Phi) is 25.3. The van der Waals surface area contributed by atoms with Gasteiger partial charge in [0.05, 0.1) is 0 Å². The normalized spacial score (nSPS) is 10.2. The second-order valence-corrected chi connectivity index (χ2v) is 7.43. The van der Waals surface area contributed by atoms with Crippen molar-refractivity contribution in [2.75, 3.05) is 7.11 Å². The van der Waals surface area contributed by atoms with E-state index in [1.807, 2.05) is 7.11 Å². The Morgan fingerprint density at radius 3 is 1.04 bits per heavy atom. The average molecular weight is 338 g/mol. The van der Waals surface area contributed by atoms with Gasteiger partial charge in [0.1, 0.15) is 6.71 Å². The maximum Gasteiger partial charge on any atom is 0.292 e. The summed E-state index contributed by atoms with van der Waals surface area (Å²) < 4.78 is 5.35. The lowest BCUT2D eigenvalue weighted by Crippen LogP contribution is -2.14. The molecule has 0 rings (SSSR count). The Morgan fingerprint density at radius 1 is 0.500 bits per heavy atom. The summed E-state index contributed by atoms with van der Waals surface area (Å²) in [4.78, 5) is 0. The van der Waals surface area contributed by atoms with Gasteiger partial charge in [0, 0.05) is 7.11 Å². The van der Waals surface area contributed by atoms with Crippen LogP contribution in [0.15, 0.2) is 0 Å². The molecule has 0 atom stereocenters. The first kappa shape index (κ1) is 26.3. The average Bonchev–Trinajstić information content (AvgIpc) is 2.62. The van der Waals surface area contributed by atoms with E-state index in [-0.39, 0.29) is 0 Å². The number of hydrogen-bond acceptors (Lipinski definition) is 1. The minimum Gasteiger partial charge on any atom is -0.439 e. The quantitative estimate of drug-likeness (QED) is 0.258. The van der Waals surface area contributed by atoms with Crippen molar-refractivity contribution in [3.05, 3.63) is 0 Å². The van der Waals surface area contributed by atoms with E-state index in [0.717, 1.165) is 6.71 Å². The molecule has 0 N–H and O–H groups in total. The summed E-state index contributed by atoms with van der Waals surface area (Å²) in [6, 6.07) is 0. The lowest BCUT2D eigenvalue weighted by Gasteiger charge is -2.11. The Bertz CT molecular complexity index is 185. The lowest BCUT2D eigenvalue weighted by atomic mass is 9.41. The standard InChI is InChI=1S/C12H27B.C9H21BO/c1-4-7-10-13(11-8-5-2)12-9-6-3;1-4-6-8-10(11-3)9-7-5-2/h4-12H2,1-3H3;4-9H2,1-3H3. The predicted molar refractivity (Wildman–Crippen MR) is 117 cm³/mol. The van der Waals surface area contributed by atoms with Crippen LogP contribution in [0.3, 0.4) is 0 Å². The van der Waals surface area contributed by atoms with Crippen LogP contribution in [0.1, 0.15) is 98.8 Å². The third kappa shape index (κ3) is 20.1. The molecule has 0 fully saturated rings. The zero-order valence-corrected chi connectivity index (χ0v) is 18.2. The van der Waals surface area contributed by atoms with Crippen molar-refractivity contribution in [2.45, 2.75) is 130 Å². The third-order valence-electron chi connectivity index (χ3n) is 4.99. The summed E-state index contributed by atoms with van der Waals surface area (Å²) in [5, 5.41) is 0. The molecule has 1 nitrogen and oxygen atoms in total. The summed E-state index contributed by atoms with van der Waals surface area (Å²) in [5.41, 5.74) is 0. The van der Waals surface area contributed by atoms with Gasteiger partial charge in [0.25, 0.3) is 6.92 Å². The largest absolute Gasteiger partial charge is 0.439 e. The summed E-state index contributed by atoms with van der Waals surface area (Å²) in [5.74, 6) is 0. The molecule has 0 unspecified atom stereocenters. The summed E-state index contributed by atoms with van der Waals surface area (Å²) in [7, 11) is 1.83. The van der Waals surface area contributed by atoms with Crippen molar-refractivity contribution < 1.29 is 4.65 Å². The predicted octanol–water partition coefficient (Wildman–Crippen LogP) is 8.11. The Balaban J connectivity index is 0. The highest BCUT2D eigenvalue weighted by atomic mass is 16.4. The number of rotatable bonds is 16. The highest BCUT2D eigenvalue weighted by Crippen LogP contribution is 2.16. The van der Waals surface area contributed by atoms with Gasteiger partial charge >= 0.3 is 0 Å². The second-order valence-electron chi connectivity index (χ2n) is 7.43. The molecule has 0 aromatic carbocycles. The lowest BCUT2D eigenvalue weighted by molar-refractivity contribution is 0.414. The van der Waals surface area contributed by atoms with Gasteiger partial charge in [-0.3, -0.25) is 0 Å². The van der Waals surface area contributed by atoms with Crippen LogP contribution in [0.25, 0.3) is 0 Å². The molecule has 3 heteroatoms. The molecule has 0 aliphatic rings. The van der Waals surface area contributed by atoms with Crippen LogP contribution in [0.5, 0.6) is 0 Å². The topological polar surface area (TPSA) is 9.23 Å². The maximum atomic E-state index is 5.35. The fraction of sp³-hybridized carbons (Fsp3) is 1.00. The van der Waals surface area contributed by atoms with E-state index in [4.69, 9.17) is 4.65 Å². The van der Waals surface area contributed by atoms with Crippen LogP contribution in [-0.2, 0) is 4.65 Å². The third-order valence-corrected chi connectivity index (χ3v) is 4.99. The molecule has 0 aliphatic heterocycles. The SMILES string of the molecule is CCCCB(CCCC)CCCC.CCCCB(CCCC)OC. The minimum absolute atomic E-state index is 0.523. The molecule has 0 bridgehead atoms. The highest BCUT2D eigenvalue weighted by Gasteiger charge is 2.11. The van der Waals surface area contributed by atoms with E-state index >= 15 is 0 Å². The van der Waals surface area contributed by atoms with Crippen LogP contribution in [0.4, 0.5) is 0 Å². The van der Waals surface area contributed by atoms with E-state index < -0.39 is 0 Å². The van der Waals surface area contributed by atoms with Crippen LogP contribution >= 0.6 is 0 Å². The summed E-state index contributed by atoms with van der Waals surface area (Å²) >= 11 is 0. The fourth-order valence-corrected chi connectivity index (χ4v) is 3.16. The summed E-state index contributed by atoms with van der Waals surface area (Å²) in [6.07, 6.45) is 20.6. The molecule has 0 saturated heterocycles. The molecule has 0 amide bonds. The van der Waals surface area contributed by atoms with Crippen molar-refractivity contribution in [3.8, 4) is 0 Å². The van der Waals surface area contributed by atoms with Crippen molar-refractivity contribution in [2.24, 2.45) is 0 Å². The molecule has 144 valence electrons. The Labute approximate surface area is 156 Å². The van der Waals surface area contributed by atoms with Gasteiger partial charge in [-0.05, 0) is 12.6 Å². The van der Waals surface area contributed by atoms with Gasteiger partial charge in [-0.25, -0.2) is 0 Å². The first-order valence-corrected chi connectivity index (χ1v) is 11.2. The van der Waals surface area contributed by atoms with E-state index in [9.17, 15) is 0 Å². The molecule has 0 radical (unpaired) electrons. The van der Waals surface area contributed by atoms with Gasteiger partial charge in [0.15, 0.2) is 0 Å². The molecule has 0 spiro atoms. The van der Waals surface area contributed by atoms with Crippen molar-refractivity contribution >= 4 is 13.6 Å². The molecule has 0 saturated carbocycles. The first-order chi connectivity index (χ1) is 11.7. The first-order valence-electron chi connectivity index (χ1n) is 11.2. The number of unbranched alkanes of at least 4 members (excludes halogenated alkanes) is 5. The van der Waals surface area contributed by atoms with Crippen molar-refractivity contribution in [3.63, 3.8) is 0 Å². The van der Waals surface area contributed by atoms with Gasteiger partial charge in [0.2, 0.25) is 0 Å². The van der Waals surface area contributed by atoms with Crippen LogP contribution in [0, 0.1) is 0 Å². The Hall–Kier alpha value is 0.0899. The molecule has 0 heterocycles. The molecular formula is C21H48B2O. The number of hydrogen-bond donors (Lipinski definition) is 0. The smallest absolute Gasteiger partial charge is 0.292 e. The van der Waals surface area contributed by atoms with Crippen LogP contribution in [-0.4, -0.2) is 20.7 Å². The Morgan fingerprint density at radius 2 is 0.792 bits per heavy atom. The van der Waals surface area contributed by atoms with E-state index in [0.29, 0.717) is 6.92 Å². The monoisotopic (exact) mass is 338 g/mol. The van der Waals surface area contributed by atoms with Gasteiger partial charge in [-0.2, -0.15) is 0 Å². The van der Waals surface area contributed by atoms with Gasteiger partial charge in [-0.15, -0.1) is 0 Å². The van der Waals surface area contributed by atoms with Crippen molar-refractivity contribution in [1.82, 2.24) is 0 Å². The fourth-order valence-electron chi connectivity index (χ4n) is 3.16. The zero-order chi connectivity index (χ0) is 18.5. The highest BCUT2D eigenvalue weighted by molar-refractivity contribution is 6.58. The minimum atomic E-state index is 0.523. The maximum absolute atomic E-state index is 5.35. The second kappa shape index (κ2) is 23.1. The van der Waals surface area contributed by atoms with E-state index in [2.05, 4.69) is 34.6 Å². The van der Waals surface area contributed by atoms with Crippen molar-refractivity contribution in [1.29, 1.82) is 0 Å². The molecular weight excluding hydrogens is 290 g/mol. The van der Waals surface area contributed by atoms with Crippen LogP contribution in [0.2, 0.25) is 31.6 Å². The van der Waals surface area contributed by atoms with Gasteiger partial charge in [-0.1, -0.05) is 118 Å². The zero-order valence-electron chi connectivity index (χ0n) is 18.2. The molecule has 0 aliphatic carbocycles. The summed E-state index contributed by atoms with van der Waals surface area (Å²) in [6.45, 7) is 12.9. The molecule has 0 aromatic heterocycles. The van der Waals surface area contributed by atoms with E-state index in [1.54, 1.807) is 0 Å². The van der Waals surface area contributed by atoms with Crippen LogP contribution < -0.4 is 0 Å². The molecule has 0 aromatic rings. The molecule has 24 heavy (non-hydrogen) atoms. The van der Waals surface area contributed by atoms with Gasteiger partial charge < -0.3 is 4.65 Å². The van der Waals surface area contributed by atoms with E-state index in [1.165, 1.54) is 95.8 Å².